The molecule has 1 amide bonds. The molecule has 0 spiro atoms. The first-order valence-corrected chi connectivity index (χ1v) is 15.2. The van der Waals surface area contributed by atoms with E-state index in [0.717, 1.165) is 87.9 Å². The number of benzene rings is 1. The standard InChI is InChI=1S/C29H32N6OS2/c36-26(6-10-33-21-11-19-14-32-15-20(19)12-21)35-29-27(22-5-9-31-16-25(22)38-29)28-34-23-13-18(1-2-24(23)37-28)17-3-7-30-8-4-17/h1-4,7-8,13,19-21,31-33H,5-6,9-12,14-16H2,(H,35,36)/t19-,20+,21?. The fourth-order valence-electron chi connectivity index (χ4n) is 6.32. The molecule has 0 radical (unpaired) electrons. The molecule has 2 fully saturated rings. The van der Waals surface area contributed by atoms with E-state index in [1.165, 1.54) is 23.3 Å². The molecule has 0 bridgehead atoms. The molecule has 1 saturated carbocycles. The van der Waals surface area contributed by atoms with E-state index in [1.54, 1.807) is 22.7 Å². The van der Waals surface area contributed by atoms with Gasteiger partial charge in [-0.15, -0.1) is 22.7 Å². The Morgan fingerprint density at radius 2 is 1.87 bits per heavy atom. The summed E-state index contributed by atoms with van der Waals surface area (Å²) in [7, 11) is 0. The Kier molecular flexibility index (Phi) is 6.71. The van der Waals surface area contributed by atoms with Gasteiger partial charge in [0.2, 0.25) is 5.91 Å². The molecule has 3 aromatic heterocycles. The van der Waals surface area contributed by atoms with Gasteiger partial charge in [-0.3, -0.25) is 9.78 Å². The zero-order valence-corrected chi connectivity index (χ0v) is 22.9. The zero-order chi connectivity index (χ0) is 25.5. The fraction of sp³-hybridized carbons (Fsp3) is 0.414. The van der Waals surface area contributed by atoms with Gasteiger partial charge in [-0.25, -0.2) is 4.98 Å². The van der Waals surface area contributed by atoms with E-state index in [0.29, 0.717) is 12.5 Å². The third-order valence-corrected chi connectivity index (χ3v) is 10.4. The van der Waals surface area contributed by atoms with Gasteiger partial charge in [-0.05, 0) is 91.7 Å². The van der Waals surface area contributed by atoms with Crippen molar-refractivity contribution in [2.45, 2.75) is 38.3 Å². The summed E-state index contributed by atoms with van der Waals surface area (Å²) >= 11 is 3.41. The predicted molar refractivity (Wildman–Crippen MR) is 156 cm³/mol. The summed E-state index contributed by atoms with van der Waals surface area (Å²) in [6, 6.07) is 11.1. The molecule has 1 aromatic carbocycles. The summed E-state index contributed by atoms with van der Waals surface area (Å²) in [5.74, 6) is 1.69. The molecule has 3 atom stereocenters. The molecule has 4 aromatic rings. The van der Waals surface area contributed by atoms with Crippen LogP contribution in [0.3, 0.4) is 0 Å². The Bertz CT molecular complexity index is 1450. The summed E-state index contributed by atoms with van der Waals surface area (Å²) in [6.07, 6.45) is 7.54. The van der Waals surface area contributed by atoms with Crippen molar-refractivity contribution in [2.24, 2.45) is 11.8 Å². The van der Waals surface area contributed by atoms with Crippen LogP contribution in [0.4, 0.5) is 5.00 Å². The minimum atomic E-state index is 0.0752. The van der Waals surface area contributed by atoms with Crippen molar-refractivity contribution in [3.63, 3.8) is 0 Å². The molecule has 3 aliphatic rings. The van der Waals surface area contributed by atoms with Gasteiger partial charge in [-0.2, -0.15) is 0 Å². The second-order valence-electron chi connectivity index (χ2n) is 10.7. The van der Waals surface area contributed by atoms with Gasteiger partial charge in [-0.1, -0.05) is 6.07 Å². The highest BCUT2D eigenvalue weighted by Crippen LogP contribution is 2.45. The SMILES string of the molecule is O=C(CCNC1C[C@H]2CNC[C@H]2C1)Nc1sc2c(c1-c1nc3cc(-c4ccncc4)ccc3s1)CCNC2. The van der Waals surface area contributed by atoms with Crippen LogP contribution in [0.25, 0.3) is 31.9 Å². The summed E-state index contributed by atoms with van der Waals surface area (Å²) in [4.78, 5) is 23.6. The second-order valence-corrected chi connectivity index (χ2v) is 12.8. The van der Waals surface area contributed by atoms with Crippen molar-refractivity contribution in [3.05, 3.63) is 53.2 Å². The third-order valence-electron chi connectivity index (χ3n) is 8.24. The highest BCUT2D eigenvalue weighted by Gasteiger charge is 2.36. The minimum absolute atomic E-state index is 0.0752. The number of thiazole rings is 1. The number of hydrogen-bond donors (Lipinski definition) is 4. The molecule has 4 N–H and O–H groups in total. The number of hydrogen-bond acceptors (Lipinski definition) is 8. The van der Waals surface area contributed by atoms with Gasteiger partial charge >= 0.3 is 0 Å². The third kappa shape index (κ3) is 4.78. The minimum Gasteiger partial charge on any atom is -0.317 e. The Morgan fingerprint density at radius 3 is 2.71 bits per heavy atom. The zero-order valence-electron chi connectivity index (χ0n) is 21.3. The highest BCUT2D eigenvalue weighted by atomic mass is 32.1. The quantitative estimate of drug-likeness (QED) is 0.271. The number of nitrogens with one attached hydrogen (secondary N) is 4. The van der Waals surface area contributed by atoms with E-state index >= 15 is 0 Å². The number of amides is 1. The van der Waals surface area contributed by atoms with Crippen molar-refractivity contribution in [2.75, 3.05) is 31.5 Å². The molecular weight excluding hydrogens is 512 g/mol. The maximum absolute atomic E-state index is 13.1. The number of aromatic nitrogens is 2. The van der Waals surface area contributed by atoms with Gasteiger partial charge in [0.15, 0.2) is 0 Å². The number of carbonyl (C=O) groups excluding carboxylic acids is 1. The maximum Gasteiger partial charge on any atom is 0.226 e. The molecule has 196 valence electrons. The Morgan fingerprint density at radius 1 is 1.03 bits per heavy atom. The predicted octanol–water partition coefficient (Wildman–Crippen LogP) is 4.65. The van der Waals surface area contributed by atoms with E-state index in [2.05, 4.69) is 44.5 Å². The van der Waals surface area contributed by atoms with Crippen molar-refractivity contribution in [1.29, 1.82) is 0 Å². The van der Waals surface area contributed by atoms with Crippen LogP contribution in [0.1, 0.15) is 29.7 Å². The number of carbonyl (C=O) groups is 1. The molecule has 7 rings (SSSR count). The van der Waals surface area contributed by atoms with E-state index in [9.17, 15) is 4.79 Å². The summed E-state index contributed by atoms with van der Waals surface area (Å²) in [5.41, 5.74) is 5.72. The molecule has 7 nitrogen and oxygen atoms in total. The van der Waals surface area contributed by atoms with Crippen molar-refractivity contribution in [1.82, 2.24) is 25.9 Å². The van der Waals surface area contributed by atoms with E-state index in [-0.39, 0.29) is 5.91 Å². The highest BCUT2D eigenvalue weighted by molar-refractivity contribution is 7.23. The van der Waals surface area contributed by atoms with E-state index < -0.39 is 0 Å². The molecule has 38 heavy (non-hydrogen) atoms. The smallest absolute Gasteiger partial charge is 0.226 e. The number of rotatable bonds is 7. The molecule has 9 heteroatoms. The summed E-state index contributed by atoms with van der Waals surface area (Å²) in [5, 5.41) is 15.8. The van der Waals surface area contributed by atoms with Gasteiger partial charge < -0.3 is 21.3 Å². The van der Waals surface area contributed by atoms with Crippen LogP contribution in [-0.4, -0.2) is 48.1 Å². The Hall–Kier alpha value is -2.69. The lowest BCUT2D eigenvalue weighted by Crippen LogP contribution is -2.31. The first kappa shape index (κ1) is 24.4. The van der Waals surface area contributed by atoms with Crippen LogP contribution in [0, 0.1) is 11.8 Å². The Labute approximate surface area is 230 Å². The average Bonchev–Trinajstić information content (AvgIpc) is 3.70. The van der Waals surface area contributed by atoms with Crippen LogP contribution in [0.15, 0.2) is 42.7 Å². The summed E-state index contributed by atoms with van der Waals surface area (Å²) < 4.78 is 1.16. The average molecular weight is 545 g/mol. The van der Waals surface area contributed by atoms with Crippen LogP contribution in [0.5, 0.6) is 0 Å². The maximum atomic E-state index is 13.1. The number of thiophene rings is 1. The van der Waals surface area contributed by atoms with Crippen LogP contribution < -0.4 is 21.3 Å². The van der Waals surface area contributed by atoms with Crippen LogP contribution in [-0.2, 0) is 17.8 Å². The van der Waals surface area contributed by atoms with Gasteiger partial charge in [0, 0.05) is 48.4 Å². The van der Waals surface area contributed by atoms with E-state index in [1.807, 2.05) is 24.5 Å². The number of anilines is 1. The van der Waals surface area contributed by atoms with Crippen molar-refractivity contribution >= 4 is 43.8 Å². The first-order chi connectivity index (χ1) is 18.7. The monoisotopic (exact) mass is 544 g/mol. The van der Waals surface area contributed by atoms with Crippen LogP contribution >= 0.6 is 22.7 Å². The molecule has 1 unspecified atom stereocenters. The number of pyridine rings is 1. The van der Waals surface area contributed by atoms with E-state index in [4.69, 9.17) is 4.98 Å². The molecule has 1 saturated heterocycles. The van der Waals surface area contributed by atoms with Gasteiger partial charge in [0.1, 0.15) is 10.0 Å². The van der Waals surface area contributed by atoms with Gasteiger partial charge in [0.05, 0.1) is 10.2 Å². The summed E-state index contributed by atoms with van der Waals surface area (Å²) in [6.45, 7) is 4.83. The molecule has 5 heterocycles. The lowest BCUT2D eigenvalue weighted by molar-refractivity contribution is -0.116. The number of fused-ring (bicyclic) bond motifs is 3. The number of nitrogens with zero attached hydrogens (tertiary/aromatic N) is 2. The Balaban J connectivity index is 1.10. The largest absolute Gasteiger partial charge is 0.317 e. The first-order valence-electron chi connectivity index (χ1n) is 13.6. The normalized spacial score (nSPS) is 22.5. The van der Waals surface area contributed by atoms with Gasteiger partial charge in [0.25, 0.3) is 0 Å². The van der Waals surface area contributed by atoms with Crippen molar-refractivity contribution < 1.29 is 4.79 Å². The van der Waals surface area contributed by atoms with Crippen LogP contribution in [0.2, 0.25) is 0 Å². The molecular formula is C29H32N6OS2. The lowest BCUT2D eigenvalue weighted by Gasteiger charge is -2.14. The second kappa shape index (κ2) is 10.5. The topological polar surface area (TPSA) is 91.0 Å². The molecule has 1 aliphatic carbocycles. The lowest BCUT2D eigenvalue weighted by atomic mass is 10.0. The fourth-order valence-corrected chi connectivity index (χ4v) is 8.64. The van der Waals surface area contributed by atoms with Crippen molar-refractivity contribution in [3.8, 4) is 21.7 Å². The molecule has 2 aliphatic heterocycles.